The minimum Gasteiger partial charge on any atom is -0.296 e. The predicted molar refractivity (Wildman–Crippen MR) is 77.3 cm³/mol. The SMILES string of the molecule is Cc1csc(NC(=O)c2cc3nc(C)cc(C)n3n2)n1. The molecular weight excluding hydrogens is 274 g/mol. The van der Waals surface area contributed by atoms with Gasteiger partial charge in [0, 0.05) is 22.8 Å². The summed E-state index contributed by atoms with van der Waals surface area (Å²) in [4.78, 5) is 20.7. The summed E-state index contributed by atoms with van der Waals surface area (Å²) in [6, 6.07) is 3.60. The lowest BCUT2D eigenvalue weighted by atomic mass is 10.3. The number of thiazole rings is 1. The van der Waals surface area contributed by atoms with E-state index in [9.17, 15) is 4.79 Å². The topological polar surface area (TPSA) is 72.2 Å². The fraction of sp³-hybridized carbons (Fsp3) is 0.231. The number of fused-ring (bicyclic) bond motifs is 1. The lowest BCUT2D eigenvalue weighted by molar-refractivity contribution is 0.102. The Balaban J connectivity index is 1.94. The predicted octanol–water partition coefficient (Wildman–Crippen LogP) is 2.36. The molecule has 0 saturated carbocycles. The van der Waals surface area contributed by atoms with Crippen molar-refractivity contribution < 1.29 is 4.79 Å². The van der Waals surface area contributed by atoms with Crippen LogP contribution in [-0.2, 0) is 0 Å². The second-order valence-corrected chi connectivity index (χ2v) is 5.44. The number of carbonyl (C=O) groups excluding carboxylic acids is 1. The third-order valence-electron chi connectivity index (χ3n) is 2.81. The van der Waals surface area contributed by atoms with Crippen LogP contribution >= 0.6 is 11.3 Å². The van der Waals surface area contributed by atoms with Crippen LogP contribution in [0.25, 0.3) is 5.65 Å². The fourth-order valence-electron chi connectivity index (χ4n) is 1.97. The Morgan fingerprint density at radius 2 is 2.00 bits per heavy atom. The molecule has 0 saturated heterocycles. The molecule has 0 bridgehead atoms. The van der Waals surface area contributed by atoms with Crippen molar-refractivity contribution >= 4 is 28.0 Å². The molecule has 0 aromatic carbocycles. The van der Waals surface area contributed by atoms with Gasteiger partial charge in [-0.05, 0) is 26.8 Å². The zero-order valence-electron chi connectivity index (χ0n) is 11.3. The lowest BCUT2D eigenvalue weighted by Crippen LogP contribution is -2.12. The molecule has 6 nitrogen and oxygen atoms in total. The Kier molecular flexibility index (Phi) is 2.98. The Bertz CT molecular complexity index is 804. The number of aryl methyl sites for hydroxylation is 3. The van der Waals surface area contributed by atoms with E-state index in [1.807, 2.05) is 32.2 Å². The van der Waals surface area contributed by atoms with Crippen LogP contribution in [0.4, 0.5) is 5.13 Å². The first-order valence-corrected chi connectivity index (χ1v) is 6.98. The molecule has 3 rings (SSSR count). The molecule has 0 unspecified atom stereocenters. The van der Waals surface area contributed by atoms with E-state index in [0.717, 1.165) is 17.1 Å². The van der Waals surface area contributed by atoms with Gasteiger partial charge in [0.25, 0.3) is 5.91 Å². The van der Waals surface area contributed by atoms with Crippen molar-refractivity contribution in [1.29, 1.82) is 0 Å². The van der Waals surface area contributed by atoms with Crippen LogP contribution in [0.1, 0.15) is 27.6 Å². The van der Waals surface area contributed by atoms with E-state index in [1.165, 1.54) is 11.3 Å². The van der Waals surface area contributed by atoms with Gasteiger partial charge in [-0.15, -0.1) is 11.3 Å². The second-order valence-electron chi connectivity index (χ2n) is 4.59. The summed E-state index contributed by atoms with van der Waals surface area (Å²) in [5.74, 6) is -0.276. The van der Waals surface area contributed by atoms with Crippen LogP contribution in [0.3, 0.4) is 0 Å². The van der Waals surface area contributed by atoms with Crippen LogP contribution in [0.5, 0.6) is 0 Å². The molecule has 0 aliphatic carbocycles. The molecule has 3 aromatic rings. The van der Waals surface area contributed by atoms with E-state index in [4.69, 9.17) is 0 Å². The van der Waals surface area contributed by atoms with Gasteiger partial charge >= 0.3 is 0 Å². The molecule has 0 atom stereocenters. The summed E-state index contributed by atoms with van der Waals surface area (Å²) < 4.78 is 1.66. The van der Waals surface area contributed by atoms with Crippen molar-refractivity contribution in [3.8, 4) is 0 Å². The normalized spacial score (nSPS) is 10.9. The first kappa shape index (κ1) is 12.7. The minimum absolute atomic E-state index is 0.276. The highest BCUT2D eigenvalue weighted by molar-refractivity contribution is 7.13. The van der Waals surface area contributed by atoms with Crippen LogP contribution in [0, 0.1) is 20.8 Å². The van der Waals surface area contributed by atoms with Gasteiger partial charge in [-0.25, -0.2) is 14.5 Å². The zero-order valence-corrected chi connectivity index (χ0v) is 12.2. The third kappa shape index (κ3) is 2.27. The molecule has 3 aromatic heterocycles. The number of aromatic nitrogens is 4. The smallest absolute Gasteiger partial charge is 0.278 e. The number of hydrogen-bond acceptors (Lipinski definition) is 5. The number of rotatable bonds is 2. The highest BCUT2D eigenvalue weighted by atomic mass is 32.1. The van der Waals surface area contributed by atoms with Crippen molar-refractivity contribution in [2.45, 2.75) is 20.8 Å². The Labute approximate surface area is 119 Å². The number of hydrogen-bond donors (Lipinski definition) is 1. The number of nitrogens with zero attached hydrogens (tertiary/aromatic N) is 4. The summed E-state index contributed by atoms with van der Waals surface area (Å²) in [5.41, 5.74) is 3.73. The van der Waals surface area contributed by atoms with Crippen molar-refractivity contribution in [2.24, 2.45) is 0 Å². The van der Waals surface area contributed by atoms with Gasteiger partial charge in [-0.1, -0.05) is 0 Å². The largest absolute Gasteiger partial charge is 0.296 e. The standard InChI is InChI=1S/C13H13N5OS/c1-7-4-9(3)18-11(14-7)5-10(17-18)12(19)16-13-15-8(2)6-20-13/h4-6H,1-3H3,(H,15,16,19). The maximum absolute atomic E-state index is 12.1. The molecule has 0 aliphatic heterocycles. The van der Waals surface area contributed by atoms with Crippen molar-refractivity contribution in [3.05, 3.63) is 40.3 Å². The summed E-state index contributed by atoms with van der Waals surface area (Å²) >= 11 is 1.39. The molecule has 1 amide bonds. The second kappa shape index (κ2) is 4.68. The van der Waals surface area contributed by atoms with Gasteiger partial charge in [0.05, 0.1) is 5.69 Å². The molecule has 7 heteroatoms. The lowest BCUT2D eigenvalue weighted by Gasteiger charge is -1.99. The van der Waals surface area contributed by atoms with Crippen molar-refractivity contribution in [2.75, 3.05) is 5.32 Å². The summed E-state index contributed by atoms with van der Waals surface area (Å²) in [7, 11) is 0. The van der Waals surface area contributed by atoms with E-state index in [0.29, 0.717) is 16.5 Å². The Morgan fingerprint density at radius 1 is 1.20 bits per heavy atom. The molecule has 102 valence electrons. The van der Waals surface area contributed by atoms with E-state index in [-0.39, 0.29) is 5.91 Å². The van der Waals surface area contributed by atoms with Crippen molar-refractivity contribution in [1.82, 2.24) is 19.6 Å². The van der Waals surface area contributed by atoms with Gasteiger partial charge in [0.1, 0.15) is 0 Å². The van der Waals surface area contributed by atoms with Crippen LogP contribution < -0.4 is 5.32 Å². The van der Waals surface area contributed by atoms with Crippen LogP contribution in [0.15, 0.2) is 17.5 Å². The van der Waals surface area contributed by atoms with Crippen molar-refractivity contribution in [3.63, 3.8) is 0 Å². The fourth-order valence-corrected chi connectivity index (χ4v) is 2.65. The van der Waals surface area contributed by atoms with Gasteiger partial charge in [-0.3, -0.25) is 10.1 Å². The van der Waals surface area contributed by atoms with E-state index < -0.39 is 0 Å². The summed E-state index contributed by atoms with van der Waals surface area (Å²) in [5, 5.41) is 9.47. The van der Waals surface area contributed by atoms with Crippen LogP contribution in [-0.4, -0.2) is 25.5 Å². The first-order chi connectivity index (χ1) is 9.52. The van der Waals surface area contributed by atoms with E-state index >= 15 is 0 Å². The Hall–Kier alpha value is -2.28. The van der Waals surface area contributed by atoms with Gasteiger partial charge in [0.15, 0.2) is 16.5 Å². The number of anilines is 1. The average molecular weight is 287 g/mol. The quantitative estimate of drug-likeness (QED) is 0.785. The van der Waals surface area contributed by atoms with Crippen LogP contribution in [0.2, 0.25) is 0 Å². The monoisotopic (exact) mass is 287 g/mol. The molecule has 0 aliphatic rings. The van der Waals surface area contributed by atoms with Gasteiger partial charge < -0.3 is 0 Å². The highest BCUT2D eigenvalue weighted by Crippen LogP contribution is 2.16. The van der Waals surface area contributed by atoms with Gasteiger partial charge in [-0.2, -0.15) is 5.10 Å². The maximum Gasteiger partial charge on any atom is 0.278 e. The first-order valence-electron chi connectivity index (χ1n) is 6.10. The molecule has 20 heavy (non-hydrogen) atoms. The summed E-state index contributed by atoms with van der Waals surface area (Å²) in [6.07, 6.45) is 0. The molecule has 1 N–H and O–H groups in total. The zero-order chi connectivity index (χ0) is 14.3. The number of carbonyl (C=O) groups is 1. The molecule has 0 fully saturated rings. The molecule has 0 spiro atoms. The minimum atomic E-state index is -0.276. The summed E-state index contributed by atoms with van der Waals surface area (Å²) in [6.45, 7) is 5.73. The number of nitrogens with one attached hydrogen (secondary N) is 1. The third-order valence-corrected chi connectivity index (χ3v) is 3.68. The molecular formula is C13H13N5OS. The van der Waals surface area contributed by atoms with E-state index in [1.54, 1.807) is 10.6 Å². The van der Waals surface area contributed by atoms with E-state index in [2.05, 4.69) is 20.4 Å². The Morgan fingerprint density at radius 3 is 2.70 bits per heavy atom. The maximum atomic E-state index is 12.1. The molecule has 0 radical (unpaired) electrons. The van der Waals surface area contributed by atoms with Gasteiger partial charge in [0.2, 0.25) is 0 Å². The average Bonchev–Trinajstić information content (AvgIpc) is 2.95. The number of amides is 1. The highest BCUT2D eigenvalue weighted by Gasteiger charge is 2.14. The molecule has 3 heterocycles.